The van der Waals surface area contributed by atoms with E-state index in [1.54, 1.807) is 35.4 Å². The van der Waals surface area contributed by atoms with Crippen LogP contribution in [0.5, 0.6) is 0 Å². The first-order valence-corrected chi connectivity index (χ1v) is 6.18. The topological polar surface area (TPSA) is 102 Å². The second-order valence-corrected chi connectivity index (χ2v) is 4.28. The summed E-state index contributed by atoms with van der Waals surface area (Å²) in [5, 5.41) is 15.9. The molecule has 3 aromatic rings. The highest BCUT2D eigenvalue weighted by Crippen LogP contribution is 2.18. The largest absolute Gasteiger partial charge is 0.409 e. The van der Waals surface area contributed by atoms with Crippen molar-refractivity contribution in [3.63, 3.8) is 0 Å². The van der Waals surface area contributed by atoms with Gasteiger partial charge in [0.1, 0.15) is 5.69 Å². The summed E-state index contributed by atoms with van der Waals surface area (Å²) in [6.45, 7) is 0. The Bertz CT molecular complexity index is 781. The van der Waals surface area contributed by atoms with Gasteiger partial charge in [0.15, 0.2) is 5.84 Å². The van der Waals surface area contributed by atoms with Gasteiger partial charge < -0.3 is 10.9 Å². The minimum absolute atomic E-state index is 0.0310. The molecule has 0 aliphatic heterocycles. The number of nitrogens with two attached hydrogens (primary N) is 1. The van der Waals surface area contributed by atoms with Crippen molar-refractivity contribution in [1.29, 1.82) is 0 Å². The molecule has 0 saturated heterocycles. The van der Waals surface area contributed by atoms with E-state index in [-0.39, 0.29) is 5.84 Å². The Morgan fingerprint density at radius 1 is 1.19 bits per heavy atom. The molecule has 0 fully saturated rings. The molecule has 0 aliphatic carbocycles. The lowest BCUT2D eigenvalue weighted by Gasteiger charge is -2.01. The second-order valence-electron chi connectivity index (χ2n) is 4.28. The first kappa shape index (κ1) is 12.8. The van der Waals surface area contributed by atoms with Crippen LogP contribution in [0, 0.1) is 0 Å². The minimum atomic E-state index is -0.0310. The first-order chi connectivity index (χ1) is 10.3. The summed E-state index contributed by atoms with van der Waals surface area (Å²) in [4.78, 5) is 8.39. The maximum Gasteiger partial charge on any atom is 0.188 e. The maximum absolute atomic E-state index is 8.70. The molecule has 3 N–H and O–H groups in total. The van der Waals surface area contributed by atoms with Crippen molar-refractivity contribution < 1.29 is 5.21 Å². The van der Waals surface area contributed by atoms with Crippen molar-refractivity contribution in [2.75, 3.05) is 0 Å². The molecule has 0 aromatic carbocycles. The summed E-state index contributed by atoms with van der Waals surface area (Å²) in [5.41, 5.74) is 8.32. The van der Waals surface area contributed by atoms with E-state index in [0.717, 1.165) is 11.3 Å². The summed E-state index contributed by atoms with van der Waals surface area (Å²) >= 11 is 0. The number of amidine groups is 1. The molecule has 3 heterocycles. The third-order valence-corrected chi connectivity index (χ3v) is 2.91. The highest BCUT2D eigenvalue weighted by atomic mass is 16.4. The summed E-state index contributed by atoms with van der Waals surface area (Å²) in [6.07, 6.45) is 6.97. The molecule has 0 atom stereocenters. The maximum atomic E-state index is 8.70. The number of nitrogens with zero attached hydrogens (tertiary/aromatic N) is 5. The van der Waals surface area contributed by atoms with Crippen molar-refractivity contribution in [3.8, 4) is 16.9 Å². The van der Waals surface area contributed by atoms with E-state index < -0.39 is 0 Å². The van der Waals surface area contributed by atoms with Crippen molar-refractivity contribution in [3.05, 3.63) is 60.8 Å². The van der Waals surface area contributed by atoms with Crippen LogP contribution in [0.25, 0.3) is 16.9 Å². The van der Waals surface area contributed by atoms with E-state index in [0.29, 0.717) is 11.4 Å². The van der Waals surface area contributed by atoms with E-state index in [4.69, 9.17) is 10.9 Å². The lowest BCUT2D eigenvalue weighted by atomic mass is 10.2. The van der Waals surface area contributed by atoms with Gasteiger partial charge in [-0.05, 0) is 24.3 Å². The van der Waals surface area contributed by atoms with Gasteiger partial charge in [-0.15, -0.1) is 0 Å². The fourth-order valence-electron chi connectivity index (χ4n) is 1.87. The minimum Gasteiger partial charge on any atom is -0.409 e. The van der Waals surface area contributed by atoms with Gasteiger partial charge in [0, 0.05) is 18.0 Å². The summed E-state index contributed by atoms with van der Waals surface area (Å²) in [5.74, 6) is -0.0310. The van der Waals surface area contributed by atoms with Gasteiger partial charge in [-0.1, -0.05) is 11.2 Å². The van der Waals surface area contributed by atoms with E-state index in [1.165, 1.54) is 0 Å². The first-order valence-electron chi connectivity index (χ1n) is 6.18. The van der Waals surface area contributed by atoms with Crippen LogP contribution in [-0.2, 0) is 0 Å². The van der Waals surface area contributed by atoms with E-state index in [1.807, 2.05) is 24.4 Å². The zero-order valence-corrected chi connectivity index (χ0v) is 11.0. The molecule has 7 heteroatoms. The third-order valence-electron chi connectivity index (χ3n) is 2.91. The Balaban J connectivity index is 1.97. The molecule has 0 saturated carbocycles. The van der Waals surface area contributed by atoms with Gasteiger partial charge in [0.05, 0.1) is 23.8 Å². The number of pyridine rings is 2. The zero-order valence-electron chi connectivity index (χ0n) is 11.0. The van der Waals surface area contributed by atoms with Gasteiger partial charge in [-0.3, -0.25) is 4.98 Å². The molecule has 21 heavy (non-hydrogen) atoms. The second kappa shape index (κ2) is 5.41. The fraction of sp³-hybridized carbons (Fsp3) is 0. The molecule has 0 radical (unpaired) electrons. The van der Waals surface area contributed by atoms with Crippen LogP contribution in [0.2, 0.25) is 0 Å². The highest BCUT2D eigenvalue weighted by Gasteiger charge is 2.07. The third kappa shape index (κ3) is 2.57. The van der Waals surface area contributed by atoms with Gasteiger partial charge in [-0.2, -0.15) is 5.10 Å². The molecule has 3 aromatic heterocycles. The predicted octanol–water partition coefficient (Wildman–Crippen LogP) is 1.42. The summed E-state index contributed by atoms with van der Waals surface area (Å²) < 4.78 is 1.71. The van der Waals surface area contributed by atoms with Crippen LogP contribution in [0.4, 0.5) is 0 Å². The highest BCUT2D eigenvalue weighted by molar-refractivity contribution is 5.95. The average Bonchev–Trinajstić information content (AvgIpc) is 3.05. The molecule has 3 rings (SSSR count). The molecule has 0 unspecified atom stereocenters. The summed E-state index contributed by atoms with van der Waals surface area (Å²) in [6, 6.07) is 9.04. The Hall–Kier alpha value is -3.22. The SMILES string of the molecule is N/C(=N\O)c1cccc(-c2cnn(-c3cccnc3)c2)n1. The van der Waals surface area contributed by atoms with Gasteiger partial charge in [-0.25, -0.2) is 9.67 Å². The van der Waals surface area contributed by atoms with Gasteiger partial charge in [0.25, 0.3) is 0 Å². The fourth-order valence-corrected chi connectivity index (χ4v) is 1.87. The molecule has 0 spiro atoms. The van der Waals surface area contributed by atoms with Gasteiger partial charge in [0.2, 0.25) is 0 Å². The van der Waals surface area contributed by atoms with Crippen molar-refractivity contribution in [1.82, 2.24) is 19.7 Å². The number of oxime groups is 1. The van der Waals surface area contributed by atoms with Crippen molar-refractivity contribution in [2.45, 2.75) is 0 Å². The molecule has 0 aliphatic rings. The van der Waals surface area contributed by atoms with Crippen LogP contribution in [0.1, 0.15) is 5.69 Å². The number of aromatic nitrogens is 4. The number of hydrogen-bond donors (Lipinski definition) is 2. The lowest BCUT2D eigenvalue weighted by molar-refractivity contribution is 0.318. The standard InChI is InChI=1S/C14H12N6O/c15-14(19-21)13-5-1-4-12(18-13)10-7-17-20(9-10)11-3-2-6-16-8-11/h1-9,21H,(H2,15,19). The molecule has 7 nitrogen and oxygen atoms in total. The molecular formula is C14H12N6O. The molecular weight excluding hydrogens is 268 g/mol. The Labute approximate surface area is 120 Å². The predicted molar refractivity (Wildman–Crippen MR) is 77.1 cm³/mol. The van der Waals surface area contributed by atoms with Crippen LogP contribution in [0.3, 0.4) is 0 Å². The summed E-state index contributed by atoms with van der Waals surface area (Å²) in [7, 11) is 0. The zero-order chi connectivity index (χ0) is 14.7. The average molecular weight is 280 g/mol. The van der Waals surface area contributed by atoms with Crippen LogP contribution in [-0.4, -0.2) is 30.8 Å². The number of hydrogen-bond acceptors (Lipinski definition) is 5. The molecule has 104 valence electrons. The van der Waals surface area contributed by atoms with Crippen molar-refractivity contribution >= 4 is 5.84 Å². The van der Waals surface area contributed by atoms with Crippen LogP contribution in [0.15, 0.2) is 60.3 Å². The van der Waals surface area contributed by atoms with E-state index in [9.17, 15) is 0 Å². The van der Waals surface area contributed by atoms with E-state index >= 15 is 0 Å². The molecule has 0 bridgehead atoms. The van der Waals surface area contributed by atoms with E-state index in [2.05, 4.69) is 20.2 Å². The smallest absolute Gasteiger partial charge is 0.188 e. The Kier molecular flexibility index (Phi) is 3.30. The Morgan fingerprint density at radius 3 is 2.86 bits per heavy atom. The van der Waals surface area contributed by atoms with Crippen molar-refractivity contribution in [2.24, 2.45) is 10.9 Å². The van der Waals surface area contributed by atoms with Crippen LogP contribution < -0.4 is 5.73 Å². The quantitative estimate of drug-likeness (QED) is 0.327. The van der Waals surface area contributed by atoms with Gasteiger partial charge >= 0.3 is 0 Å². The van der Waals surface area contributed by atoms with Crippen LogP contribution >= 0.6 is 0 Å². The monoisotopic (exact) mass is 280 g/mol. The lowest BCUT2D eigenvalue weighted by Crippen LogP contribution is -2.14. The normalized spacial score (nSPS) is 11.5. The molecule has 0 amide bonds. The Morgan fingerprint density at radius 2 is 2.10 bits per heavy atom. The number of rotatable bonds is 3.